The fourth-order valence-corrected chi connectivity index (χ4v) is 5.21. The number of aromatic nitrogens is 1. The van der Waals surface area contributed by atoms with Crippen molar-refractivity contribution in [2.45, 2.75) is 75.1 Å². The lowest BCUT2D eigenvalue weighted by Crippen LogP contribution is -2.40. The predicted octanol–water partition coefficient (Wildman–Crippen LogP) is 4.14. The molecule has 3 N–H and O–H groups in total. The molecule has 0 amide bonds. The summed E-state index contributed by atoms with van der Waals surface area (Å²) in [7, 11) is -3.83. The second-order valence-electron chi connectivity index (χ2n) is 8.31. The molecular weight excluding hydrogens is 426 g/mol. The summed E-state index contributed by atoms with van der Waals surface area (Å²) in [6.45, 7) is 1.03. The van der Waals surface area contributed by atoms with Gasteiger partial charge in [0.05, 0.1) is 16.3 Å². The molecule has 1 aromatic carbocycles. The molecule has 7 nitrogen and oxygen atoms in total. The van der Waals surface area contributed by atoms with Crippen LogP contribution in [-0.2, 0) is 27.7 Å². The molecule has 0 bridgehead atoms. The van der Waals surface area contributed by atoms with Gasteiger partial charge in [-0.2, -0.15) is 4.72 Å². The first kappa shape index (κ1) is 24.2. The van der Waals surface area contributed by atoms with Crippen LogP contribution in [0.25, 0.3) is 0 Å². The van der Waals surface area contributed by atoms with Gasteiger partial charge < -0.3 is 10.4 Å². The average molecular weight is 460 g/mol. The van der Waals surface area contributed by atoms with Crippen molar-refractivity contribution in [1.29, 1.82) is 0 Å². The van der Waals surface area contributed by atoms with E-state index in [-0.39, 0.29) is 11.3 Å². The Hall–Kier alpha value is -2.45. The van der Waals surface area contributed by atoms with Crippen molar-refractivity contribution in [2.24, 2.45) is 0 Å². The fraction of sp³-hybridized carbons (Fsp3) is 0.500. The first-order valence-corrected chi connectivity index (χ1v) is 13.0. The van der Waals surface area contributed by atoms with E-state index < -0.39 is 22.0 Å². The fourth-order valence-electron chi connectivity index (χ4n) is 3.97. The van der Waals surface area contributed by atoms with Crippen LogP contribution in [-0.4, -0.2) is 37.1 Å². The van der Waals surface area contributed by atoms with Gasteiger partial charge in [-0.05, 0) is 56.4 Å². The van der Waals surface area contributed by atoms with Gasteiger partial charge in [-0.1, -0.05) is 50.3 Å². The van der Waals surface area contributed by atoms with Gasteiger partial charge in [-0.3, -0.25) is 9.78 Å². The highest BCUT2D eigenvalue weighted by Gasteiger charge is 2.24. The summed E-state index contributed by atoms with van der Waals surface area (Å²) >= 11 is 0. The van der Waals surface area contributed by atoms with Gasteiger partial charge in [0.2, 0.25) is 10.0 Å². The largest absolute Gasteiger partial charge is 0.480 e. The van der Waals surface area contributed by atoms with Gasteiger partial charge in [0.1, 0.15) is 6.04 Å². The smallest absolute Gasteiger partial charge is 0.321 e. The van der Waals surface area contributed by atoms with E-state index in [0.717, 1.165) is 63.6 Å². The lowest BCUT2D eigenvalue weighted by molar-refractivity contribution is -0.139. The summed E-state index contributed by atoms with van der Waals surface area (Å²) in [5.74, 6) is -1.14. The number of aryl methyl sites for hydroxylation is 2. The van der Waals surface area contributed by atoms with Crippen molar-refractivity contribution in [3.05, 3.63) is 53.9 Å². The van der Waals surface area contributed by atoms with E-state index >= 15 is 0 Å². The van der Waals surface area contributed by atoms with Crippen LogP contribution in [0.1, 0.15) is 62.8 Å². The summed E-state index contributed by atoms with van der Waals surface area (Å²) < 4.78 is 27.1. The summed E-state index contributed by atoms with van der Waals surface area (Å²) in [5.41, 5.74) is 3.51. The third kappa shape index (κ3) is 7.31. The highest BCUT2D eigenvalue weighted by Crippen LogP contribution is 2.21. The van der Waals surface area contributed by atoms with E-state index in [2.05, 4.69) is 22.2 Å². The van der Waals surface area contributed by atoms with Gasteiger partial charge >= 0.3 is 5.97 Å². The quantitative estimate of drug-likeness (QED) is 0.389. The minimum Gasteiger partial charge on any atom is -0.480 e. The van der Waals surface area contributed by atoms with Crippen molar-refractivity contribution >= 4 is 21.7 Å². The molecule has 2 aromatic rings. The Morgan fingerprint density at radius 2 is 1.75 bits per heavy atom. The van der Waals surface area contributed by atoms with Crippen LogP contribution in [0, 0.1) is 0 Å². The van der Waals surface area contributed by atoms with Crippen LogP contribution in [0.2, 0.25) is 0 Å². The van der Waals surface area contributed by atoms with Crippen LogP contribution in [0.5, 0.6) is 0 Å². The van der Waals surface area contributed by atoms with Gasteiger partial charge in [-0.15, -0.1) is 0 Å². The second kappa shape index (κ2) is 12.0. The molecule has 0 radical (unpaired) electrons. The van der Waals surface area contributed by atoms with E-state index in [1.807, 2.05) is 0 Å². The molecule has 0 aliphatic carbocycles. The van der Waals surface area contributed by atoms with Gasteiger partial charge in [0.15, 0.2) is 0 Å². The molecule has 3 rings (SSSR count). The zero-order valence-corrected chi connectivity index (χ0v) is 19.2. The molecule has 1 aromatic heterocycles. The number of pyridine rings is 1. The van der Waals surface area contributed by atoms with E-state index in [1.165, 1.54) is 23.5 Å². The Bertz CT molecular complexity index is 980. The standard InChI is InChI=1S/C24H33N3O4S/c28-24(29)23(27-32(30,31)20-12-7-5-8-13-20)14-9-4-2-1-3-6-11-19-16-17-21-22(26-19)15-10-18-25-21/h5,7-8,12-13,16-17,23,25,27H,1-4,6,9-11,14-15,18H2,(H,28,29). The number of aliphatic carboxylic acids is 1. The SMILES string of the molecule is O=C(O)C(CCCCCCCCc1ccc2c(n1)CCCN2)NS(=O)(=O)c1ccccc1. The molecule has 174 valence electrons. The monoisotopic (exact) mass is 459 g/mol. The number of fused-ring (bicyclic) bond motifs is 1. The summed E-state index contributed by atoms with van der Waals surface area (Å²) in [6, 6.07) is 11.0. The number of anilines is 1. The summed E-state index contributed by atoms with van der Waals surface area (Å²) in [6.07, 6.45) is 9.32. The highest BCUT2D eigenvalue weighted by atomic mass is 32.2. The van der Waals surface area contributed by atoms with Crippen molar-refractivity contribution in [1.82, 2.24) is 9.71 Å². The maximum Gasteiger partial charge on any atom is 0.321 e. The maximum absolute atomic E-state index is 12.4. The molecule has 0 fully saturated rings. The van der Waals surface area contributed by atoms with Gasteiger partial charge in [0.25, 0.3) is 0 Å². The minimum atomic E-state index is -3.83. The molecule has 8 heteroatoms. The normalized spacial score (nSPS) is 14.4. The molecule has 0 spiro atoms. The van der Waals surface area contributed by atoms with Crippen LogP contribution in [0.15, 0.2) is 47.4 Å². The van der Waals surface area contributed by atoms with E-state index in [9.17, 15) is 18.3 Å². The third-order valence-electron chi connectivity index (χ3n) is 5.76. The maximum atomic E-state index is 12.4. The molecule has 0 saturated carbocycles. The first-order chi connectivity index (χ1) is 15.5. The van der Waals surface area contributed by atoms with Crippen molar-refractivity contribution in [3.63, 3.8) is 0 Å². The number of unbranched alkanes of at least 4 members (excludes halogenated alkanes) is 5. The Labute approximate surface area is 190 Å². The van der Waals surface area contributed by atoms with Crippen molar-refractivity contribution in [3.8, 4) is 0 Å². The number of benzene rings is 1. The number of nitrogens with one attached hydrogen (secondary N) is 2. The topological polar surface area (TPSA) is 108 Å². The third-order valence-corrected chi connectivity index (χ3v) is 7.25. The Morgan fingerprint density at radius 3 is 2.50 bits per heavy atom. The van der Waals surface area contributed by atoms with Crippen molar-refractivity contribution in [2.75, 3.05) is 11.9 Å². The van der Waals surface area contributed by atoms with Crippen molar-refractivity contribution < 1.29 is 18.3 Å². The van der Waals surface area contributed by atoms with E-state index in [0.29, 0.717) is 6.42 Å². The lowest BCUT2D eigenvalue weighted by atomic mass is 10.0. The molecule has 32 heavy (non-hydrogen) atoms. The van der Waals surface area contributed by atoms with Gasteiger partial charge in [-0.25, -0.2) is 8.42 Å². The molecular formula is C24H33N3O4S. The number of sulfonamides is 1. The summed E-state index contributed by atoms with van der Waals surface area (Å²) in [5, 5.41) is 12.8. The molecule has 1 atom stereocenters. The van der Waals surface area contributed by atoms with Crippen LogP contribution < -0.4 is 10.0 Å². The van der Waals surface area contributed by atoms with E-state index in [4.69, 9.17) is 4.98 Å². The lowest BCUT2D eigenvalue weighted by Gasteiger charge is -2.17. The summed E-state index contributed by atoms with van der Waals surface area (Å²) in [4.78, 5) is 16.4. The number of rotatable bonds is 13. The minimum absolute atomic E-state index is 0.0796. The molecule has 1 aliphatic rings. The Morgan fingerprint density at radius 1 is 1.03 bits per heavy atom. The number of carboxylic acids is 1. The molecule has 1 aliphatic heterocycles. The van der Waals surface area contributed by atoms with E-state index in [1.54, 1.807) is 18.2 Å². The number of nitrogens with zero attached hydrogens (tertiary/aromatic N) is 1. The average Bonchev–Trinajstić information content (AvgIpc) is 2.80. The molecule has 0 saturated heterocycles. The zero-order valence-electron chi connectivity index (χ0n) is 18.4. The number of carbonyl (C=O) groups is 1. The zero-order chi connectivity index (χ0) is 22.8. The Kier molecular flexibility index (Phi) is 9.05. The number of hydrogen-bond donors (Lipinski definition) is 3. The molecule has 1 unspecified atom stereocenters. The second-order valence-corrected chi connectivity index (χ2v) is 10.0. The highest BCUT2D eigenvalue weighted by molar-refractivity contribution is 7.89. The molecule has 2 heterocycles. The number of hydrogen-bond acceptors (Lipinski definition) is 5. The van der Waals surface area contributed by atoms with Crippen LogP contribution in [0.3, 0.4) is 0 Å². The predicted molar refractivity (Wildman–Crippen MR) is 125 cm³/mol. The van der Waals surface area contributed by atoms with Crippen LogP contribution >= 0.6 is 0 Å². The van der Waals surface area contributed by atoms with Crippen LogP contribution in [0.4, 0.5) is 5.69 Å². The Balaban J connectivity index is 1.31. The van der Waals surface area contributed by atoms with Gasteiger partial charge in [0, 0.05) is 12.2 Å². The first-order valence-electron chi connectivity index (χ1n) is 11.5. The number of carboxylic acid groups (broad SMARTS) is 1.